The van der Waals surface area contributed by atoms with Crippen LogP contribution in [0.5, 0.6) is 0 Å². The van der Waals surface area contributed by atoms with Crippen LogP contribution in [0.1, 0.15) is 96.0 Å². The van der Waals surface area contributed by atoms with Gasteiger partial charge >= 0.3 is 0 Å². The first-order chi connectivity index (χ1) is 22.1. The number of anilines is 1. The van der Waals surface area contributed by atoms with Crippen molar-refractivity contribution in [1.82, 2.24) is 10.1 Å². The summed E-state index contributed by atoms with van der Waals surface area (Å²) in [7, 11) is -4.10. The summed E-state index contributed by atoms with van der Waals surface area (Å²) in [4.78, 5) is 41.5. The van der Waals surface area contributed by atoms with E-state index in [-0.39, 0.29) is 46.6 Å². The smallest absolute Gasteiger partial charge is 0.264 e. The summed E-state index contributed by atoms with van der Waals surface area (Å²) in [6, 6.07) is 11.9. The number of unbranched alkanes of at least 4 members (excludes halogenated alkanes) is 1. The van der Waals surface area contributed by atoms with E-state index in [1.54, 1.807) is 43.0 Å². The molecule has 0 spiro atoms. The molecule has 2 aromatic carbocycles. The molecule has 1 saturated carbocycles. The van der Waals surface area contributed by atoms with Gasteiger partial charge in [0.05, 0.1) is 16.6 Å². The second kappa shape index (κ2) is 14.5. The van der Waals surface area contributed by atoms with Crippen LogP contribution in [-0.2, 0) is 37.4 Å². The lowest BCUT2D eigenvalue weighted by molar-refractivity contribution is -0.141. The highest BCUT2D eigenvalue weighted by atomic mass is 32.2. The Morgan fingerprint density at radius 2 is 1.81 bits per heavy atom. The van der Waals surface area contributed by atoms with Gasteiger partial charge in [0.2, 0.25) is 11.8 Å². The number of hydrogen-bond donors (Lipinski definition) is 1. The Kier molecular flexibility index (Phi) is 11.2. The van der Waals surface area contributed by atoms with E-state index < -0.39 is 21.5 Å². The lowest BCUT2D eigenvalue weighted by Gasteiger charge is -2.33. The highest BCUT2D eigenvalue weighted by Crippen LogP contribution is 2.41. The van der Waals surface area contributed by atoms with Crippen LogP contribution in [0.25, 0.3) is 11.1 Å². The number of rotatable bonds is 14. The quantitative estimate of drug-likeness (QED) is 0.190. The van der Waals surface area contributed by atoms with Gasteiger partial charge < -0.3 is 9.42 Å². The molecule has 1 heterocycles. The molecule has 254 valence electrons. The third-order valence-electron chi connectivity index (χ3n) is 9.44. The first-order valence-corrected chi connectivity index (χ1v) is 18.1. The fourth-order valence-electron chi connectivity index (χ4n) is 6.65. The van der Waals surface area contributed by atoms with Crippen LogP contribution < -0.4 is 4.72 Å². The number of aromatic nitrogens is 1. The molecular weight excluding hydrogens is 614 g/mol. The molecule has 0 bridgehead atoms. The summed E-state index contributed by atoms with van der Waals surface area (Å²) < 4.78 is 35.4. The molecule has 47 heavy (non-hydrogen) atoms. The molecule has 1 aliphatic carbocycles. The number of nitrogens with zero attached hydrogens (tertiary/aromatic N) is 2. The molecule has 9 nitrogen and oxygen atoms in total. The van der Waals surface area contributed by atoms with Crippen LogP contribution in [0.2, 0.25) is 0 Å². The molecule has 2 atom stereocenters. The molecule has 0 aliphatic heterocycles. The normalized spacial score (nSPS) is 16.8. The second-order valence-electron chi connectivity index (χ2n) is 13.9. The fraction of sp³-hybridized carbons (Fsp3) is 0.514. The Hall–Kier alpha value is -3.79. The van der Waals surface area contributed by atoms with Crippen molar-refractivity contribution in [2.75, 3.05) is 4.72 Å². The van der Waals surface area contributed by atoms with Gasteiger partial charge in [-0.25, -0.2) is 13.1 Å². The van der Waals surface area contributed by atoms with E-state index >= 15 is 0 Å². The predicted molar refractivity (Wildman–Crippen MR) is 183 cm³/mol. The summed E-state index contributed by atoms with van der Waals surface area (Å²) >= 11 is 0. The van der Waals surface area contributed by atoms with Crippen molar-refractivity contribution in [3.63, 3.8) is 0 Å². The average molecular weight is 664 g/mol. The van der Waals surface area contributed by atoms with Crippen molar-refractivity contribution in [2.24, 2.45) is 17.3 Å². The number of aryl methyl sites for hydroxylation is 1. The minimum Gasteiger partial charge on any atom is -0.337 e. The van der Waals surface area contributed by atoms with Gasteiger partial charge in [-0.05, 0) is 75.1 Å². The molecule has 1 N–H and O–H groups in total. The van der Waals surface area contributed by atoms with Gasteiger partial charge in [0.15, 0.2) is 5.78 Å². The maximum Gasteiger partial charge on any atom is 0.264 e. The van der Waals surface area contributed by atoms with Crippen molar-refractivity contribution in [1.29, 1.82) is 0 Å². The second-order valence-corrected chi connectivity index (χ2v) is 15.6. The van der Waals surface area contributed by atoms with Crippen LogP contribution in [0.15, 0.2) is 51.9 Å². The van der Waals surface area contributed by atoms with E-state index in [4.69, 9.17) is 4.52 Å². The largest absolute Gasteiger partial charge is 0.337 e. The Labute approximate surface area is 279 Å². The van der Waals surface area contributed by atoms with Crippen LogP contribution in [0.4, 0.5) is 5.88 Å². The van der Waals surface area contributed by atoms with Gasteiger partial charge in [0.1, 0.15) is 5.78 Å². The molecule has 1 fully saturated rings. The standard InChI is InChI=1S/C37H49N3O6S/c1-9-10-15-33(42)40(34(23(2)3)26(6)41)22-27-16-17-30(29(20-27)21-28-18-19-37(7,8)35(28)43)31-13-11-12-14-32(31)47(44,45)39-36-24(4)25(5)38-46-36/h11-14,16-17,20,23,28,34,39H,9-10,15,18-19,21-22H2,1-8H3. The van der Waals surface area contributed by atoms with Gasteiger partial charge in [-0.2, -0.15) is 0 Å². The molecule has 1 amide bonds. The number of nitrogens with one attached hydrogen (secondary N) is 1. The maximum atomic E-state index is 13.8. The molecule has 10 heteroatoms. The summed E-state index contributed by atoms with van der Waals surface area (Å²) in [6.45, 7) is 15.1. The minimum atomic E-state index is -4.10. The molecule has 0 radical (unpaired) electrons. The first kappa shape index (κ1) is 36.1. The number of Topliss-reactive ketones (excluding diaryl/α,β-unsaturated/α-hetero) is 2. The van der Waals surface area contributed by atoms with Crippen LogP contribution in [0.3, 0.4) is 0 Å². The van der Waals surface area contributed by atoms with E-state index in [9.17, 15) is 22.8 Å². The fourth-order valence-corrected chi connectivity index (χ4v) is 7.92. The Morgan fingerprint density at radius 3 is 2.38 bits per heavy atom. The SMILES string of the molecule is CCCCC(=O)N(Cc1ccc(-c2ccccc2S(=O)(=O)Nc2onc(C)c2C)c(CC2CCC(C)(C)C2=O)c1)C(C(C)=O)C(C)C. The van der Waals surface area contributed by atoms with Crippen molar-refractivity contribution >= 4 is 33.4 Å². The first-order valence-electron chi connectivity index (χ1n) is 16.6. The van der Waals surface area contributed by atoms with Crippen LogP contribution in [-0.4, -0.2) is 42.0 Å². The number of sulfonamides is 1. The Bertz CT molecular complexity index is 1740. The zero-order valence-corrected chi connectivity index (χ0v) is 29.8. The molecule has 1 aromatic heterocycles. The number of amides is 1. The zero-order valence-electron chi connectivity index (χ0n) is 29.0. The number of benzene rings is 2. The Balaban J connectivity index is 1.82. The Morgan fingerprint density at radius 1 is 1.11 bits per heavy atom. The number of carbonyl (C=O) groups is 3. The van der Waals surface area contributed by atoms with E-state index in [1.807, 2.05) is 52.8 Å². The summed E-state index contributed by atoms with van der Waals surface area (Å²) in [5, 5.41) is 3.88. The monoisotopic (exact) mass is 663 g/mol. The minimum absolute atomic E-state index is 0.0599. The van der Waals surface area contributed by atoms with Crippen LogP contribution >= 0.6 is 0 Å². The highest BCUT2D eigenvalue weighted by Gasteiger charge is 2.40. The van der Waals surface area contributed by atoms with Crippen LogP contribution in [0, 0.1) is 31.1 Å². The number of ketones is 2. The van der Waals surface area contributed by atoms with E-state index in [0.717, 1.165) is 36.8 Å². The number of hydrogen-bond acceptors (Lipinski definition) is 7. The van der Waals surface area contributed by atoms with Gasteiger partial charge in [0.25, 0.3) is 10.0 Å². The molecule has 3 aromatic rings. The summed E-state index contributed by atoms with van der Waals surface area (Å²) in [5.74, 6) is -0.172. The molecule has 2 unspecified atom stereocenters. The number of carbonyl (C=O) groups excluding carboxylic acids is 3. The zero-order chi connectivity index (χ0) is 34.7. The molecular formula is C37H49N3O6S. The summed E-state index contributed by atoms with van der Waals surface area (Å²) in [6.07, 6.45) is 3.90. The maximum absolute atomic E-state index is 13.8. The van der Waals surface area contributed by atoms with Gasteiger partial charge in [0, 0.05) is 35.4 Å². The summed E-state index contributed by atoms with van der Waals surface area (Å²) in [5.41, 5.74) is 3.57. The highest BCUT2D eigenvalue weighted by molar-refractivity contribution is 7.92. The van der Waals surface area contributed by atoms with Crippen molar-refractivity contribution in [3.05, 3.63) is 64.8 Å². The van der Waals surface area contributed by atoms with E-state index in [2.05, 4.69) is 9.88 Å². The lowest BCUT2D eigenvalue weighted by Crippen LogP contribution is -2.46. The van der Waals surface area contributed by atoms with Gasteiger partial charge in [-0.1, -0.05) is 82.6 Å². The van der Waals surface area contributed by atoms with Gasteiger partial charge in [-0.15, -0.1) is 0 Å². The van der Waals surface area contributed by atoms with Crippen molar-refractivity contribution in [2.45, 2.75) is 111 Å². The lowest BCUT2D eigenvalue weighted by atomic mass is 9.85. The van der Waals surface area contributed by atoms with Crippen molar-refractivity contribution < 1.29 is 27.3 Å². The van der Waals surface area contributed by atoms with E-state index in [1.165, 1.54) is 6.92 Å². The predicted octanol–water partition coefficient (Wildman–Crippen LogP) is 7.44. The molecule has 1 aliphatic rings. The third-order valence-corrected chi connectivity index (χ3v) is 10.8. The third kappa shape index (κ3) is 8.03. The van der Waals surface area contributed by atoms with Gasteiger partial charge in [-0.3, -0.25) is 14.4 Å². The topological polar surface area (TPSA) is 127 Å². The van der Waals surface area contributed by atoms with Crippen molar-refractivity contribution in [3.8, 4) is 11.1 Å². The average Bonchev–Trinajstić information content (AvgIpc) is 3.46. The molecule has 0 saturated heterocycles. The molecule has 4 rings (SSSR count). The van der Waals surface area contributed by atoms with E-state index in [0.29, 0.717) is 35.2 Å².